The van der Waals surface area contributed by atoms with E-state index < -0.39 is 74.4 Å². The molecule has 10 atom stereocenters. The van der Waals surface area contributed by atoms with Crippen molar-refractivity contribution in [1.29, 1.82) is 0 Å². The highest BCUT2D eigenvalue weighted by Gasteiger charge is 2.50. The second-order valence-electron chi connectivity index (χ2n) is 8.77. The molecule has 0 spiro atoms. The van der Waals surface area contributed by atoms with Crippen LogP contribution in [0.25, 0.3) is 0 Å². The normalized spacial score (nSPS) is 45.2. The molecule has 7 N–H and O–H groups in total. The fourth-order valence-electron chi connectivity index (χ4n) is 3.47. The molecule has 28 heavy (non-hydrogen) atoms. The zero-order chi connectivity index (χ0) is 21.2. The fraction of sp³-hybridized carbons (Fsp3) is 1.00. The molecule has 2 fully saturated rings. The minimum absolute atomic E-state index is 0.0263. The van der Waals surface area contributed by atoms with Gasteiger partial charge in [0.15, 0.2) is 6.29 Å². The van der Waals surface area contributed by atoms with E-state index in [0.29, 0.717) is 12.8 Å². The third kappa shape index (κ3) is 5.39. The molecule has 2 rings (SSSR count). The molecule has 2 heterocycles. The summed E-state index contributed by atoms with van der Waals surface area (Å²) in [6.45, 7) is 4.96. The van der Waals surface area contributed by atoms with Crippen LogP contribution in [-0.2, 0) is 14.2 Å². The molecular weight excluding hydrogens is 376 g/mol. The first-order chi connectivity index (χ1) is 13.0. The van der Waals surface area contributed by atoms with Crippen molar-refractivity contribution in [2.45, 2.75) is 94.8 Å². The molecule has 0 bridgehead atoms. The number of hydrogen-bond donors (Lipinski definition) is 7. The van der Waals surface area contributed by atoms with Gasteiger partial charge in [-0.3, -0.25) is 0 Å². The van der Waals surface area contributed by atoms with Crippen molar-refractivity contribution in [3.63, 3.8) is 0 Å². The van der Waals surface area contributed by atoms with Gasteiger partial charge in [0.2, 0.25) is 0 Å². The lowest BCUT2D eigenvalue weighted by Gasteiger charge is -2.46. The van der Waals surface area contributed by atoms with Crippen molar-refractivity contribution < 1.29 is 50.0 Å². The Hall–Kier alpha value is -0.400. The molecule has 2 aliphatic rings. The molecule has 0 amide bonds. The summed E-state index contributed by atoms with van der Waals surface area (Å²) in [6, 6.07) is 0. The second kappa shape index (κ2) is 9.61. The number of hydrogen-bond acceptors (Lipinski definition) is 10. The van der Waals surface area contributed by atoms with Crippen molar-refractivity contribution in [3.05, 3.63) is 0 Å². The van der Waals surface area contributed by atoms with Crippen LogP contribution in [0.2, 0.25) is 0 Å². The average Bonchev–Trinajstić information content (AvgIpc) is 2.63. The van der Waals surface area contributed by atoms with Crippen LogP contribution in [0.4, 0.5) is 0 Å². The first-order valence-electron chi connectivity index (χ1n) is 9.58. The molecular formula is C18H34O10. The van der Waals surface area contributed by atoms with E-state index in [1.165, 1.54) is 0 Å². The van der Waals surface area contributed by atoms with Gasteiger partial charge >= 0.3 is 0 Å². The van der Waals surface area contributed by atoms with E-state index in [2.05, 4.69) is 0 Å². The van der Waals surface area contributed by atoms with Crippen LogP contribution < -0.4 is 0 Å². The standard InChI is InChI=1S/C18H34O10/c1-18(2,3)5-4-8-12(22)16(13(23)10(7-20)26-8)28-17-15(25)14(24)11(21)9(6-19)27-17/h8-17,19-25H,4-7H2,1-3H3/t8-,9?,10?,11-,12?,13-,14-,15?,16+,17+/m0/s1. The second-order valence-corrected chi connectivity index (χ2v) is 8.77. The topological polar surface area (TPSA) is 169 Å². The third-order valence-electron chi connectivity index (χ3n) is 5.28. The maximum absolute atomic E-state index is 10.7. The summed E-state index contributed by atoms with van der Waals surface area (Å²) in [4.78, 5) is 0. The summed E-state index contributed by atoms with van der Waals surface area (Å²) in [7, 11) is 0. The third-order valence-corrected chi connectivity index (χ3v) is 5.28. The highest BCUT2D eigenvalue weighted by molar-refractivity contribution is 4.96. The summed E-state index contributed by atoms with van der Waals surface area (Å²) in [5.74, 6) is 0. The van der Waals surface area contributed by atoms with Crippen LogP contribution in [0.1, 0.15) is 33.6 Å². The van der Waals surface area contributed by atoms with Gasteiger partial charge in [0.25, 0.3) is 0 Å². The Bertz CT molecular complexity index is 481. The van der Waals surface area contributed by atoms with Gasteiger partial charge < -0.3 is 50.0 Å². The molecule has 0 aromatic heterocycles. The maximum atomic E-state index is 10.7. The molecule has 0 aromatic carbocycles. The van der Waals surface area contributed by atoms with Gasteiger partial charge in [0.1, 0.15) is 48.8 Å². The largest absolute Gasteiger partial charge is 0.394 e. The van der Waals surface area contributed by atoms with Crippen molar-refractivity contribution in [2.75, 3.05) is 13.2 Å². The zero-order valence-corrected chi connectivity index (χ0v) is 16.5. The van der Waals surface area contributed by atoms with E-state index in [1.807, 2.05) is 20.8 Å². The highest BCUT2D eigenvalue weighted by atomic mass is 16.7. The Morgan fingerprint density at radius 1 is 0.714 bits per heavy atom. The number of ether oxygens (including phenoxy) is 3. The molecule has 0 saturated carbocycles. The minimum Gasteiger partial charge on any atom is -0.394 e. The van der Waals surface area contributed by atoms with Crippen molar-refractivity contribution >= 4 is 0 Å². The summed E-state index contributed by atoms with van der Waals surface area (Å²) < 4.78 is 16.5. The summed E-state index contributed by atoms with van der Waals surface area (Å²) in [6.07, 6.45) is -12.1. The van der Waals surface area contributed by atoms with Gasteiger partial charge in [-0.2, -0.15) is 0 Å². The van der Waals surface area contributed by atoms with Crippen LogP contribution in [0.5, 0.6) is 0 Å². The van der Waals surface area contributed by atoms with Gasteiger partial charge in [-0.25, -0.2) is 0 Å². The van der Waals surface area contributed by atoms with Gasteiger partial charge in [-0.15, -0.1) is 0 Å². The van der Waals surface area contributed by atoms with Crippen molar-refractivity contribution in [2.24, 2.45) is 5.41 Å². The number of rotatable bonds is 6. The lowest BCUT2D eigenvalue weighted by Crippen LogP contribution is -2.64. The van der Waals surface area contributed by atoms with Crippen molar-refractivity contribution in [3.8, 4) is 0 Å². The number of aliphatic hydroxyl groups excluding tert-OH is 7. The Morgan fingerprint density at radius 3 is 1.79 bits per heavy atom. The molecule has 0 radical (unpaired) electrons. The van der Waals surface area contributed by atoms with E-state index in [9.17, 15) is 35.7 Å². The van der Waals surface area contributed by atoms with Crippen LogP contribution in [0, 0.1) is 5.41 Å². The molecule has 10 heteroatoms. The predicted molar refractivity (Wildman–Crippen MR) is 95.1 cm³/mol. The van der Waals surface area contributed by atoms with Crippen molar-refractivity contribution in [1.82, 2.24) is 0 Å². The summed E-state index contributed by atoms with van der Waals surface area (Å²) >= 11 is 0. The van der Waals surface area contributed by atoms with Crippen LogP contribution >= 0.6 is 0 Å². The SMILES string of the molecule is CC(C)(C)CC[C@@H]1OC(CO)[C@H](O)[C@H](O[C@H]2OC(CO)[C@H](O)[C@H](O)C2O)C1O. The van der Waals surface area contributed by atoms with E-state index in [4.69, 9.17) is 14.2 Å². The van der Waals surface area contributed by atoms with Gasteiger partial charge in [0.05, 0.1) is 19.3 Å². The lowest BCUT2D eigenvalue weighted by molar-refractivity contribution is -0.342. The average molecular weight is 410 g/mol. The quantitative estimate of drug-likeness (QED) is 0.248. The lowest BCUT2D eigenvalue weighted by atomic mass is 9.85. The monoisotopic (exact) mass is 410 g/mol. The Labute approximate surface area is 164 Å². The Morgan fingerprint density at radius 2 is 1.25 bits per heavy atom. The minimum atomic E-state index is -1.67. The predicted octanol–water partition coefficient (Wildman–Crippen LogP) is -2.52. The molecule has 10 nitrogen and oxygen atoms in total. The van der Waals surface area contributed by atoms with E-state index in [0.717, 1.165) is 0 Å². The first kappa shape index (κ1) is 23.9. The van der Waals surface area contributed by atoms with E-state index in [1.54, 1.807) is 0 Å². The molecule has 0 aromatic rings. The molecule has 4 unspecified atom stereocenters. The van der Waals surface area contributed by atoms with Crippen LogP contribution in [0.3, 0.4) is 0 Å². The number of aliphatic hydroxyl groups is 7. The molecule has 0 aliphatic carbocycles. The summed E-state index contributed by atoms with van der Waals surface area (Å²) in [5, 5.41) is 69.8. The van der Waals surface area contributed by atoms with Gasteiger partial charge in [0, 0.05) is 0 Å². The summed E-state index contributed by atoms with van der Waals surface area (Å²) in [5.41, 5.74) is -0.0263. The molecule has 2 aliphatic heterocycles. The zero-order valence-electron chi connectivity index (χ0n) is 16.5. The molecule has 166 valence electrons. The Balaban J connectivity index is 2.14. The van der Waals surface area contributed by atoms with Gasteiger partial charge in [-0.1, -0.05) is 20.8 Å². The fourth-order valence-corrected chi connectivity index (χ4v) is 3.47. The van der Waals surface area contributed by atoms with Crippen LogP contribution in [0.15, 0.2) is 0 Å². The first-order valence-corrected chi connectivity index (χ1v) is 9.58. The van der Waals surface area contributed by atoms with E-state index in [-0.39, 0.29) is 5.41 Å². The highest BCUT2D eigenvalue weighted by Crippen LogP contribution is 2.32. The molecule has 2 saturated heterocycles. The Kier molecular flexibility index (Phi) is 8.19. The smallest absolute Gasteiger partial charge is 0.187 e. The van der Waals surface area contributed by atoms with Gasteiger partial charge in [-0.05, 0) is 18.3 Å². The maximum Gasteiger partial charge on any atom is 0.187 e. The van der Waals surface area contributed by atoms with E-state index >= 15 is 0 Å². The van der Waals surface area contributed by atoms with Crippen LogP contribution in [-0.4, -0.2) is 110 Å².